The number of rotatable bonds is 10. The van der Waals surface area contributed by atoms with E-state index in [0.29, 0.717) is 0 Å². The van der Waals surface area contributed by atoms with Crippen LogP contribution >= 0.6 is 0 Å². The van der Waals surface area contributed by atoms with E-state index < -0.39 is 32.8 Å². The maximum atomic E-state index is 6.24. The Kier molecular flexibility index (Phi) is 8.36. The van der Waals surface area contributed by atoms with Crippen molar-refractivity contribution < 1.29 is 8.85 Å². The van der Waals surface area contributed by atoms with Crippen molar-refractivity contribution in [3.63, 3.8) is 0 Å². The molecule has 128 valence electrons. The van der Waals surface area contributed by atoms with Crippen molar-refractivity contribution in [3.05, 3.63) is 0 Å². The summed E-state index contributed by atoms with van der Waals surface area (Å²) in [7, 11) is -4.90. The third kappa shape index (κ3) is 14.1. The van der Waals surface area contributed by atoms with Crippen molar-refractivity contribution >= 4 is 32.8 Å². The van der Waals surface area contributed by atoms with Crippen LogP contribution in [0.3, 0.4) is 0 Å². The minimum Gasteiger partial charge on any atom is -0.418 e. The van der Waals surface area contributed by atoms with Gasteiger partial charge in [-0.3, -0.25) is 0 Å². The first kappa shape index (κ1) is 21.8. The van der Waals surface area contributed by atoms with Gasteiger partial charge in [-0.05, 0) is 43.9 Å². The summed E-state index contributed by atoms with van der Waals surface area (Å²) < 4.78 is 12.5. The van der Waals surface area contributed by atoms with Crippen LogP contribution in [0.1, 0.15) is 6.42 Å². The summed E-state index contributed by atoms with van der Waals surface area (Å²) in [5, 5.41) is 0. The lowest BCUT2D eigenvalue weighted by atomic mass is 10.5. The van der Waals surface area contributed by atoms with E-state index in [-0.39, 0.29) is 0 Å². The Morgan fingerprint density at radius 2 is 0.810 bits per heavy atom. The van der Waals surface area contributed by atoms with Crippen LogP contribution in [0.25, 0.3) is 0 Å². The van der Waals surface area contributed by atoms with Gasteiger partial charge in [0.2, 0.25) is 0 Å². The molecule has 0 heterocycles. The number of hydrogen-bond acceptors (Lipinski definition) is 2. The van der Waals surface area contributed by atoms with Gasteiger partial charge in [0.15, 0.2) is 16.6 Å². The van der Waals surface area contributed by atoms with Crippen molar-refractivity contribution in [2.75, 3.05) is 13.2 Å². The lowest BCUT2D eigenvalue weighted by Gasteiger charge is -2.31. The highest BCUT2D eigenvalue weighted by Crippen LogP contribution is 2.22. The summed E-state index contributed by atoms with van der Waals surface area (Å²) in [6.07, 6.45) is 1.06. The van der Waals surface area contributed by atoms with Crippen LogP contribution in [0.2, 0.25) is 76.8 Å². The van der Waals surface area contributed by atoms with Gasteiger partial charge in [0, 0.05) is 29.4 Å². The molecule has 0 aliphatic heterocycles. The fourth-order valence-electron chi connectivity index (χ4n) is 3.41. The third-order valence-corrected chi connectivity index (χ3v) is 20.5. The first-order valence-corrected chi connectivity index (χ1v) is 22.0. The highest BCUT2D eigenvalue weighted by molar-refractivity contribution is 6.92. The quantitative estimate of drug-likeness (QED) is 0.372. The van der Waals surface area contributed by atoms with Crippen molar-refractivity contribution in [2.24, 2.45) is 0 Å². The first-order valence-electron chi connectivity index (χ1n) is 8.40. The Hall–Kier alpha value is 0.788. The molecule has 0 aromatic carbocycles. The molecule has 0 N–H and O–H groups in total. The average molecular weight is 365 g/mol. The van der Waals surface area contributed by atoms with E-state index in [4.69, 9.17) is 8.85 Å². The Morgan fingerprint density at radius 3 is 1.05 bits per heavy atom. The minimum atomic E-state index is -1.45. The monoisotopic (exact) mass is 364 g/mol. The predicted octanol–water partition coefficient (Wildman–Crippen LogP) is 5.57. The van der Waals surface area contributed by atoms with Crippen molar-refractivity contribution in [2.45, 2.75) is 83.2 Å². The smallest absolute Gasteiger partial charge is 0.184 e. The highest BCUT2D eigenvalue weighted by Gasteiger charge is 2.31. The fourth-order valence-corrected chi connectivity index (χ4v) is 26.1. The van der Waals surface area contributed by atoms with Crippen LogP contribution in [0.5, 0.6) is 0 Å². The van der Waals surface area contributed by atoms with Gasteiger partial charge < -0.3 is 8.85 Å². The van der Waals surface area contributed by atoms with Gasteiger partial charge in [0.25, 0.3) is 0 Å². The van der Waals surface area contributed by atoms with Gasteiger partial charge in [-0.25, -0.2) is 0 Å². The summed E-state index contributed by atoms with van der Waals surface area (Å²) in [4.78, 5) is 0. The molecule has 2 nitrogen and oxygen atoms in total. The normalized spacial score (nSPS) is 14.6. The molecule has 0 saturated heterocycles. The molecule has 0 saturated carbocycles. The molecule has 0 unspecified atom stereocenters. The first-order chi connectivity index (χ1) is 9.12. The molecule has 0 atom stereocenters. The zero-order valence-corrected chi connectivity index (χ0v) is 20.4. The molecule has 0 aromatic heterocycles. The van der Waals surface area contributed by atoms with Crippen LogP contribution in [0.15, 0.2) is 0 Å². The zero-order chi connectivity index (χ0) is 16.9. The lowest BCUT2D eigenvalue weighted by molar-refractivity contribution is 0.239. The molecule has 0 spiro atoms. The Balaban J connectivity index is 3.96. The van der Waals surface area contributed by atoms with Gasteiger partial charge in [-0.1, -0.05) is 39.3 Å². The summed E-state index contributed by atoms with van der Waals surface area (Å²) in [5.74, 6) is 0. The van der Waals surface area contributed by atoms with Gasteiger partial charge in [0.05, 0.1) is 0 Å². The van der Waals surface area contributed by atoms with Crippen LogP contribution < -0.4 is 0 Å². The second-order valence-electron chi connectivity index (χ2n) is 10.0. The van der Waals surface area contributed by atoms with Crippen molar-refractivity contribution in [3.8, 4) is 0 Å². The molecule has 6 heteroatoms. The molecule has 0 radical (unpaired) electrons. The molecule has 0 amide bonds. The zero-order valence-electron chi connectivity index (χ0n) is 16.4. The molecule has 0 aliphatic carbocycles. The summed E-state index contributed by atoms with van der Waals surface area (Å²) in [5.41, 5.74) is 2.72. The van der Waals surface area contributed by atoms with E-state index in [1.165, 1.54) is 11.3 Å². The Morgan fingerprint density at radius 1 is 0.524 bits per heavy atom. The molecular formula is C15H40O2Si4. The van der Waals surface area contributed by atoms with E-state index in [1.807, 2.05) is 0 Å². The van der Waals surface area contributed by atoms with Crippen LogP contribution in [0, 0.1) is 0 Å². The molecule has 0 fully saturated rings. The molecular weight excluding hydrogens is 325 g/mol. The molecule has 21 heavy (non-hydrogen) atoms. The van der Waals surface area contributed by atoms with Gasteiger partial charge in [-0.15, -0.1) is 0 Å². The third-order valence-electron chi connectivity index (χ3n) is 3.19. The topological polar surface area (TPSA) is 18.5 Å². The lowest BCUT2D eigenvalue weighted by Crippen LogP contribution is -2.41. The van der Waals surface area contributed by atoms with Gasteiger partial charge in [0.1, 0.15) is 0 Å². The predicted molar refractivity (Wildman–Crippen MR) is 108 cm³/mol. The Bertz CT molecular complexity index is 274. The second kappa shape index (κ2) is 8.06. The minimum absolute atomic E-state index is 0.890. The summed E-state index contributed by atoms with van der Waals surface area (Å²) in [6.45, 7) is 25.9. The maximum Gasteiger partial charge on any atom is 0.184 e. The van der Waals surface area contributed by atoms with E-state index in [9.17, 15) is 0 Å². The standard InChI is InChI=1S/C15H40O2Si4/c1-18(2,3)14-20(7,8)16-12-11-13-17-21(9,10)15-19(4,5)6/h11-15H2,1-10H3. The van der Waals surface area contributed by atoms with E-state index in [1.54, 1.807) is 0 Å². The van der Waals surface area contributed by atoms with Gasteiger partial charge in [-0.2, -0.15) is 0 Å². The largest absolute Gasteiger partial charge is 0.418 e. The average Bonchev–Trinajstić information content (AvgIpc) is 2.07. The SMILES string of the molecule is C[Si](C)(C)C[Si](C)(C)OCCCO[Si](C)(C)C[Si](C)(C)C. The van der Waals surface area contributed by atoms with Crippen LogP contribution in [-0.2, 0) is 8.85 Å². The molecule has 0 aromatic rings. The molecule has 0 bridgehead atoms. The van der Waals surface area contributed by atoms with Gasteiger partial charge >= 0.3 is 0 Å². The van der Waals surface area contributed by atoms with E-state index in [0.717, 1.165) is 19.6 Å². The number of hydrogen-bond donors (Lipinski definition) is 0. The van der Waals surface area contributed by atoms with Crippen LogP contribution in [-0.4, -0.2) is 46.0 Å². The fraction of sp³-hybridized carbons (Fsp3) is 1.00. The Labute approximate surface area is 138 Å². The van der Waals surface area contributed by atoms with Crippen molar-refractivity contribution in [1.82, 2.24) is 0 Å². The van der Waals surface area contributed by atoms with E-state index in [2.05, 4.69) is 65.5 Å². The molecule has 0 aliphatic rings. The highest BCUT2D eigenvalue weighted by atomic mass is 28.4. The van der Waals surface area contributed by atoms with E-state index >= 15 is 0 Å². The summed E-state index contributed by atoms with van der Waals surface area (Å²) >= 11 is 0. The summed E-state index contributed by atoms with van der Waals surface area (Å²) in [6, 6.07) is 0. The van der Waals surface area contributed by atoms with Crippen LogP contribution in [0.4, 0.5) is 0 Å². The second-order valence-corrected chi connectivity index (χ2v) is 30.7. The maximum absolute atomic E-state index is 6.24. The van der Waals surface area contributed by atoms with Crippen molar-refractivity contribution in [1.29, 1.82) is 0 Å². The molecule has 0 rings (SSSR count).